The van der Waals surface area contributed by atoms with Crippen molar-refractivity contribution in [3.8, 4) is 0 Å². The number of aliphatic carboxylic acids is 1. The molecular weight excluding hydrogens is 703 g/mol. The Morgan fingerprint density at radius 2 is 0.946 bits per heavy atom. The number of carboxylic acid groups (broad SMARTS) is 1. The second kappa shape index (κ2) is 38.9. The minimum Gasteiger partial charge on any atom is -0.477 e. The average molecular weight is 787 g/mol. The van der Waals surface area contributed by atoms with Gasteiger partial charge in [0.1, 0.15) is 6.61 Å². The van der Waals surface area contributed by atoms with E-state index in [0.29, 0.717) is 19.3 Å². The highest BCUT2D eigenvalue weighted by Gasteiger charge is 2.31. The molecule has 0 aromatic rings. The van der Waals surface area contributed by atoms with Gasteiger partial charge in [-0.05, 0) is 70.6 Å². The Balaban J connectivity index is 4.31. The molecule has 1 N–H and O–H groups in total. The summed E-state index contributed by atoms with van der Waals surface area (Å²) in [6, 6.07) is -0.619. The molecule has 0 bridgehead atoms. The number of carboxylic acids is 1. The fourth-order valence-electron chi connectivity index (χ4n) is 6.26. The molecule has 56 heavy (non-hydrogen) atoms. The number of hydrogen-bond donors (Lipinski definition) is 1. The maximum Gasteiger partial charge on any atom is 0.362 e. The summed E-state index contributed by atoms with van der Waals surface area (Å²) in [5.41, 5.74) is 0. The Labute approximate surface area is 343 Å². The summed E-state index contributed by atoms with van der Waals surface area (Å²) in [6.07, 6.45) is 46.9. The van der Waals surface area contributed by atoms with Gasteiger partial charge in [0.25, 0.3) is 0 Å². The maximum atomic E-state index is 12.7. The van der Waals surface area contributed by atoms with Gasteiger partial charge in [-0.2, -0.15) is 0 Å². The van der Waals surface area contributed by atoms with Crippen molar-refractivity contribution in [1.82, 2.24) is 0 Å². The molecule has 0 aliphatic rings. The number of likely N-dealkylation sites (N-methyl/N-ethyl adjacent to an activating group) is 1. The van der Waals surface area contributed by atoms with Gasteiger partial charge in [0.2, 0.25) is 0 Å². The highest BCUT2D eigenvalue weighted by atomic mass is 16.6. The summed E-state index contributed by atoms with van der Waals surface area (Å²) in [5.74, 6) is -1.50. The predicted molar refractivity (Wildman–Crippen MR) is 234 cm³/mol. The number of nitrogens with zero attached hydrogens (tertiary/aromatic N) is 1. The predicted octanol–water partition coefficient (Wildman–Crippen LogP) is 12.2. The molecule has 0 amide bonds. The fourth-order valence-corrected chi connectivity index (χ4v) is 6.26. The van der Waals surface area contributed by atoms with Gasteiger partial charge in [0.05, 0.1) is 34.4 Å². The van der Waals surface area contributed by atoms with Crippen molar-refractivity contribution >= 4 is 17.9 Å². The zero-order valence-corrected chi connectivity index (χ0v) is 36.6. The topological polar surface area (TPSA) is 99.1 Å². The Hall–Kier alpha value is -2.97. The van der Waals surface area contributed by atoms with Crippen LogP contribution >= 0.6 is 0 Å². The zero-order chi connectivity index (χ0) is 41.4. The molecule has 0 saturated heterocycles. The van der Waals surface area contributed by atoms with E-state index in [9.17, 15) is 19.5 Å². The first-order valence-electron chi connectivity index (χ1n) is 22.3. The van der Waals surface area contributed by atoms with Crippen molar-refractivity contribution in [1.29, 1.82) is 0 Å². The molecule has 0 aromatic heterocycles. The third kappa shape index (κ3) is 36.7. The van der Waals surface area contributed by atoms with Gasteiger partial charge in [-0.1, -0.05) is 145 Å². The van der Waals surface area contributed by atoms with Crippen LogP contribution in [-0.2, 0) is 28.6 Å². The van der Waals surface area contributed by atoms with Crippen LogP contribution in [0, 0.1) is 0 Å². The lowest BCUT2D eigenvalue weighted by molar-refractivity contribution is -0.887. The number of allylic oxidation sites excluding steroid dienone is 10. The summed E-state index contributed by atoms with van der Waals surface area (Å²) >= 11 is 0. The third-order valence-corrected chi connectivity index (χ3v) is 9.66. The minimum absolute atomic E-state index is 0.0531. The van der Waals surface area contributed by atoms with Crippen molar-refractivity contribution in [2.24, 2.45) is 0 Å². The van der Waals surface area contributed by atoms with Crippen LogP contribution in [0.5, 0.6) is 0 Å². The smallest absolute Gasteiger partial charge is 0.362 e. The monoisotopic (exact) mass is 787 g/mol. The van der Waals surface area contributed by atoms with Gasteiger partial charge < -0.3 is 23.8 Å². The van der Waals surface area contributed by atoms with E-state index in [-0.39, 0.29) is 36.2 Å². The van der Waals surface area contributed by atoms with E-state index < -0.39 is 18.1 Å². The molecule has 322 valence electrons. The molecule has 0 aromatic carbocycles. The molecule has 0 heterocycles. The quantitative estimate of drug-likeness (QED) is 0.0287. The van der Waals surface area contributed by atoms with E-state index in [4.69, 9.17) is 14.2 Å². The van der Waals surface area contributed by atoms with E-state index in [1.165, 1.54) is 51.4 Å². The van der Waals surface area contributed by atoms with Crippen molar-refractivity contribution in [2.75, 3.05) is 41.0 Å². The molecule has 0 saturated carbocycles. The second-order valence-electron chi connectivity index (χ2n) is 15.9. The van der Waals surface area contributed by atoms with Crippen LogP contribution in [0.3, 0.4) is 0 Å². The largest absolute Gasteiger partial charge is 0.477 e. The summed E-state index contributed by atoms with van der Waals surface area (Å²) < 4.78 is 17.3. The van der Waals surface area contributed by atoms with Gasteiger partial charge >= 0.3 is 17.9 Å². The van der Waals surface area contributed by atoms with Crippen LogP contribution in [0.1, 0.15) is 174 Å². The lowest BCUT2D eigenvalue weighted by atomic mass is 10.0. The SMILES string of the molecule is CC/C=C/C/C=C/C/C=C/CCCCCCCCCCCCC(=O)OC(COCCC(C(=O)O)[N+](C)(C)C)COC(=O)CCCCCCC/C=C/C/C=C/CC. The summed E-state index contributed by atoms with van der Waals surface area (Å²) in [7, 11) is 5.52. The number of carbonyl (C=O) groups is 3. The Bertz CT molecular complexity index is 1100. The second-order valence-corrected chi connectivity index (χ2v) is 15.9. The number of quaternary nitrogens is 1. The molecule has 2 unspecified atom stereocenters. The van der Waals surface area contributed by atoms with Crippen molar-refractivity contribution in [3.05, 3.63) is 60.8 Å². The normalized spacial score (nSPS) is 13.5. The summed E-state index contributed by atoms with van der Waals surface area (Å²) in [4.78, 5) is 37.0. The standard InChI is InChI=1S/C48H83NO7/c1-6-8-10-12-14-16-18-20-21-22-23-24-25-26-27-29-31-33-35-37-39-47(51)56-44(42-54-41-40-45(48(52)53)49(3,4)5)43-55-46(50)38-36-34-32-30-28-19-17-15-13-11-9-7-2/h8-11,14-17,20-21,44-45H,6-7,12-13,18-19,22-43H2,1-5H3/p+1/b10-8+,11-9+,16-14+,17-15+,21-20+. The highest BCUT2D eigenvalue weighted by Crippen LogP contribution is 2.14. The fraction of sp³-hybridized carbons (Fsp3) is 0.729. The molecule has 2 atom stereocenters. The zero-order valence-electron chi connectivity index (χ0n) is 36.6. The molecule has 0 spiro atoms. The first-order valence-corrected chi connectivity index (χ1v) is 22.3. The molecule has 0 aliphatic heterocycles. The number of esters is 2. The molecule has 0 rings (SSSR count). The molecular formula is C48H84NO7+. The van der Waals surface area contributed by atoms with Crippen molar-refractivity contribution < 1.29 is 38.2 Å². The van der Waals surface area contributed by atoms with E-state index >= 15 is 0 Å². The first kappa shape index (κ1) is 53.0. The summed E-state index contributed by atoms with van der Waals surface area (Å²) in [5, 5.41) is 9.62. The van der Waals surface area contributed by atoms with Crippen LogP contribution in [0.2, 0.25) is 0 Å². The molecule has 8 heteroatoms. The number of ether oxygens (including phenoxy) is 3. The van der Waals surface area contributed by atoms with Gasteiger partial charge in [-0.3, -0.25) is 9.59 Å². The average Bonchev–Trinajstić information content (AvgIpc) is 3.15. The van der Waals surface area contributed by atoms with E-state index in [2.05, 4.69) is 74.6 Å². The first-order chi connectivity index (χ1) is 27.1. The van der Waals surface area contributed by atoms with Crippen LogP contribution in [0.25, 0.3) is 0 Å². The summed E-state index contributed by atoms with van der Waals surface area (Å²) in [6.45, 7) is 4.49. The minimum atomic E-state index is -0.880. The lowest BCUT2D eigenvalue weighted by Gasteiger charge is -2.31. The Morgan fingerprint density at radius 3 is 1.39 bits per heavy atom. The number of carbonyl (C=O) groups excluding carboxylic acids is 2. The number of hydrogen-bond acceptors (Lipinski definition) is 6. The van der Waals surface area contributed by atoms with Crippen LogP contribution in [0.4, 0.5) is 0 Å². The number of rotatable bonds is 39. The Kier molecular flexibility index (Phi) is 36.8. The van der Waals surface area contributed by atoms with Gasteiger partial charge in [-0.15, -0.1) is 0 Å². The van der Waals surface area contributed by atoms with Crippen molar-refractivity contribution in [3.63, 3.8) is 0 Å². The molecule has 0 radical (unpaired) electrons. The van der Waals surface area contributed by atoms with Gasteiger partial charge in [0.15, 0.2) is 12.1 Å². The highest BCUT2D eigenvalue weighted by molar-refractivity contribution is 5.72. The molecule has 8 nitrogen and oxygen atoms in total. The third-order valence-electron chi connectivity index (χ3n) is 9.66. The Morgan fingerprint density at radius 1 is 0.536 bits per heavy atom. The molecule has 0 aliphatic carbocycles. The van der Waals surface area contributed by atoms with Crippen LogP contribution in [0.15, 0.2) is 60.8 Å². The van der Waals surface area contributed by atoms with Crippen LogP contribution < -0.4 is 0 Å². The van der Waals surface area contributed by atoms with E-state index in [1.54, 1.807) is 0 Å². The van der Waals surface area contributed by atoms with E-state index in [0.717, 1.165) is 89.9 Å². The van der Waals surface area contributed by atoms with Crippen molar-refractivity contribution in [2.45, 2.75) is 187 Å². The van der Waals surface area contributed by atoms with Gasteiger partial charge in [0, 0.05) is 19.3 Å². The number of unbranched alkanes of at least 4 members (excludes halogenated alkanes) is 15. The van der Waals surface area contributed by atoms with E-state index in [1.807, 2.05) is 21.1 Å². The molecule has 0 fully saturated rings. The maximum absolute atomic E-state index is 12.7. The van der Waals surface area contributed by atoms with Crippen LogP contribution in [-0.4, -0.2) is 80.6 Å². The lowest BCUT2D eigenvalue weighted by Crippen LogP contribution is -2.50. The van der Waals surface area contributed by atoms with Gasteiger partial charge in [-0.25, -0.2) is 4.79 Å².